The number of hydrogen-bond donors (Lipinski definition) is 10. The Bertz CT molecular complexity index is 4430. The van der Waals surface area contributed by atoms with Crippen LogP contribution in [0.5, 0.6) is 11.5 Å². The van der Waals surface area contributed by atoms with Crippen LogP contribution in [0, 0.1) is 27.7 Å². The predicted octanol–water partition coefficient (Wildman–Crippen LogP) is 11.3. The lowest BCUT2D eigenvalue weighted by atomic mass is 10.00. The van der Waals surface area contributed by atoms with E-state index in [1.165, 1.54) is 12.1 Å². The minimum absolute atomic E-state index is 0.0889. The molecule has 0 saturated carbocycles. The van der Waals surface area contributed by atoms with Gasteiger partial charge in [-0.2, -0.15) is 58.9 Å². The van der Waals surface area contributed by atoms with Gasteiger partial charge in [0, 0.05) is 22.1 Å². The average molecular weight is 1200 g/mol. The maximum absolute atomic E-state index is 12.1. The summed E-state index contributed by atoms with van der Waals surface area (Å²) in [4.78, 5) is 9.14. The Kier molecular flexibility index (Phi) is 14.8. The smallest absolute Gasteiger partial charge is 0.296 e. The summed E-state index contributed by atoms with van der Waals surface area (Å²) >= 11 is 6.38. The van der Waals surface area contributed by atoms with Gasteiger partial charge in [-0.25, -0.2) is 0 Å². The van der Waals surface area contributed by atoms with Gasteiger partial charge in [0.25, 0.3) is 40.5 Å². The standard InChI is InChI=1S/C51H42ClN11O14S4/c1-23-17-27(29-7-13-35(25(3)19-29)60-62-37-15-9-31-39(78(66,67)68)21-41(80(72,73)74)45(53)43(31)47(37)64)5-11-33(23)55-50-57-49(52)58-51(59-50)56-34-12-6-28(18-24(34)2)30-8-14-36(26(4)20-30)61-63-38-16-10-32-40(79(69,70)71)22-42(81(75,76)77)46(54)44(32)48(38)65/h5-22,64-65H,53-54H2,1-4H3,(H,66,67,68)(H,69,70,71)(H,72,73,74)(H,75,76,77)(H2,55,56,57,58,59). The number of phenols is 2. The molecular weight excluding hydrogens is 1150 g/mol. The number of hydrogen-bond acceptors (Lipinski definition) is 21. The highest BCUT2D eigenvalue weighted by atomic mass is 35.5. The molecule has 0 amide bonds. The van der Waals surface area contributed by atoms with Crippen LogP contribution in [-0.4, -0.2) is 77.0 Å². The first-order valence-corrected chi connectivity index (χ1v) is 29.3. The normalized spacial score (nSPS) is 12.5. The van der Waals surface area contributed by atoms with Crippen LogP contribution >= 0.6 is 11.6 Å². The van der Waals surface area contributed by atoms with Gasteiger partial charge in [-0.3, -0.25) is 18.2 Å². The van der Waals surface area contributed by atoms with Crippen molar-refractivity contribution < 1.29 is 62.1 Å². The molecule has 0 bridgehead atoms. The van der Waals surface area contributed by atoms with Crippen molar-refractivity contribution in [3.8, 4) is 33.8 Å². The monoisotopic (exact) mass is 1200 g/mol. The number of rotatable bonds is 14. The molecule has 30 heteroatoms. The number of aryl methyl sites for hydroxylation is 4. The molecule has 25 nitrogen and oxygen atoms in total. The van der Waals surface area contributed by atoms with E-state index in [1.54, 1.807) is 38.1 Å². The number of benzene rings is 8. The van der Waals surface area contributed by atoms with E-state index >= 15 is 0 Å². The molecule has 0 fully saturated rings. The molecule has 416 valence electrons. The first-order chi connectivity index (χ1) is 37.9. The summed E-state index contributed by atoms with van der Waals surface area (Å²) in [7, 11) is -20.3. The molecule has 0 unspecified atom stereocenters. The van der Waals surface area contributed by atoms with Crippen LogP contribution in [0.2, 0.25) is 5.28 Å². The molecule has 9 rings (SSSR count). The fraction of sp³-hybridized carbons (Fsp3) is 0.0784. The topological polar surface area (TPSA) is 422 Å². The zero-order chi connectivity index (χ0) is 58.8. The number of nitrogens with one attached hydrogen (secondary N) is 2. The number of aromatic nitrogens is 3. The Morgan fingerprint density at radius 2 is 0.728 bits per heavy atom. The van der Waals surface area contributed by atoms with Crippen molar-refractivity contribution in [2.24, 2.45) is 20.5 Å². The van der Waals surface area contributed by atoms with Crippen LogP contribution in [0.3, 0.4) is 0 Å². The second-order valence-electron chi connectivity index (χ2n) is 18.1. The largest absolute Gasteiger partial charge is 0.505 e. The summed E-state index contributed by atoms with van der Waals surface area (Å²) in [5, 5.41) is 43.5. The van der Waals surface area contributed by atoms with Gasteiger partial charge in [0.2, 0.25) is 17.2 Å². The fourth-order valence-corrected chi connectivity index (χ4v) is 11.7. The zero-order valence-corrected chi connectivity index (χ0v) is 46.2. The number of anilines is 6. The van der Waals surface area contributed by atoms with Crippen molar-refractivity contribution in [3.63, 3.8) is 0 Å². The molecule has 1 heterocycles. The lowest BCUT2D eigenvalue weighted by Gasteiger charge is -2.14. The van der Waals surface area contributed by atoms with E-state index in [0.29, 0.717) is 46.0 Å². The molecule has 12 N–H and O–H groups in total. The number of aromatic hydroxyl groups is 2. The first-order valence-electron chi connectivity index (χ1n) is 23.2. The highest BCUT2D eigenvalue weighted by Crippen LogP contribution is 2.46. The van der Waals surface area contributed by atoms with Gasteiger partial charge in [-0.15, -0.1) is 10.2 Å². The molecule has 81 heavy (non-hydrogen) atoms. The molecule has 9 aromatic rings. The van der Waals surface area contributed by atoms with Crippen molar-refractivity contribution in [2.45, 2.75) is 47.3 Å². The Morgan fingerprint density at radius 1 is 0.420 bits per heavy atom. The molecule has 0 aliphatic heterocycles. The number of phenolic OH excluding ortho intramolecular Hbond substituents is 2. The molecule has 0 aliphatic rings. The number of nitrogen functional groups attached to an aromatic ring is 2. The van der Waals surface area contributed by atoms with E-state index in [-0.39, 0.29) is 39.3 Å². The van der Waals surface area contributed by atoms with Crippen molar-refractivity contribution in [1.82, 2.24) is 15.0 Å². The fourth-order valence-electron chi connectivity index (χ4n) is 8.71. The third-order valence-corrected chi connectivity index (χ3v) is 16.4. The van der Waals surface area contributed by atoms with Crippen LogP contribution < -0.4 is 22.1 Å². The lowest BCUT2D eigenvalue weighted by molar-refractivity contribution is 0.476. The number of fused-ring (bicyclic) bond motifs is 2. The molecule has 0 saturated heterocycles. The van der Waals surface area contributed by atoms with Gasteiger partial charge in [-0.05, 0) is 157 Å². The molecular formula is C51H42ClN11O14S4. The van der Waals surface area contributed by atoms with Crippen molar-refractivity contribution in [1.29, 1.82) is 0 Å². The van der Waals surface area contributed by atoms with E-state index < -0.39 is 93.7 Å². The van der Waals surface area contributed by atoms with Crippen molar-refractivity contribution in [3.05, 3.63) is 137 Å². The van der Waals surface area contributed by atoms with Crippen LogP contribution in [0.1, 0.15) is 22.3 Å². The zero-order valence-electron chi connectivity index (χ0n) is 42.1. The first kappa shape index (κ1) is 56.9. The summed E-state index contributed by atoms with van der Waals surface area (Å²) in [6.45, 7) is 7.31. The highest BCUT2D eigenvalue weighted by Gasteiger charge is 2.29. The third-order valence-electron chi connectivity index (χ3n) is 12.7. The molecule has 1 aromatic heterocycles. The van der Waals surface area contributed by atoms with Gasteiger partial charge in [0.1, 0.15) is 31.0 Å². The number of halogens is 1. The summed E-state index contributed by atoms with van der Waals surface area (Å²) in [6, 6.07) is 27.5. The van der Waals surface area contributed by atoms with Crippen molar-refractivity contribution >= 4 is 131 Å². The highest BCUT2D eigenvalue weighted by molar-refractivity contribution is 7.87. The lowest BCUT2D eigenvalue weighted by Crippen LogP contribution is -2.08. The number of nitrogens with two attached hydrogens (primary N) is 2. The maximum Gasteiger partial charge on any atom is 0.296 e. The van der Waals surface area contributed by atoms with Gasteiger partial charge in [0.15, 0.2) is 11.5 Å². The summed E-state index contributed by atoms with van der Waals surface area (Å²) in [6.07, 6.45) is 0. The maximum atomic E-state index is 12.1. The minimum Gasteiger partial charge on any atom is -0.505 e. The molecule has 0 radical (unpaired) electrons. The Hall–Kier alpha value is -8.78. The molecule has 8 aromatic carbocycles. The van der Waals surface area contributed by atoms with Gasteiger partial charge < -0.3 is 32.3 Å². The van der Waals surface area contributed by atoms with Crippen LogP contribution in [-0.2, 0) is 40.5 Å². The van der Waals surface area contributed by atoms with E-state index in [2.05, 4.69) is 46.0 Å². The van der Waals surface area contributed by atoms with Crippen LogP contribution in [0.15, 0.2) is 149 Å². The second-order valence-corrected chi connectivity index (χ2v) is 24.0. The number of nitrogens with zero attached hydrogens (tertiary/aromatic N) is 7. The van der Waals surface area contributed by atoms with E-state index in [1.807, 2.05) is 62.4 Å². The van der Waals surface area contributed by atoms with Gasteiger partial charge in [-0.1, -0.05) is 36.4 Å². The van der Waals surface area contributed by atoms with E-state index in [4.69, 9.17) is 23.1 Å². The SMILES string of the molecule is Cc1cc(-c2ccc(Nc3nc(Cl)nc(Nc4ccc(-c5ccc(N=Nc6ccc7c(S(=O)(=O)O)cc(S(=O)(=O)O)c(N)c7c6O)c(C)c5)cc4C)n3)c(C)c2)ccc1N=Nc1ccc2c(S(=O)(=O)O)cc(S(=O)(=O)O)c(N)c2c1O. The minimum atomic E-state index is -5.09. The Balaban J connectivity index is 0.881. The predicted molar refractivity (Wildman–Crippen MR) is 302 cm³/mol. The Labute approximate surface area is 465 Å². The van der Waals surface area contributed by atoms with E-state index in [0.717, 1.165) is 45.5 Å². The summed E-state index contributed by atoms with van der Waals surface area (Å²) < 4.78 is 135. The summed E-state index contributed by atoms with van der Waals surface area (Å²) in [5.74, 6) is -1.21. The van der Waals surface area contributed by atoms with Crippen LogP contribution in [0.4, 0.5) is 57.4 Å². The summed E-state index contributed by atoms with van der Waals surface area (Å²) in [5.41, 5.74) is 18.4. The average Bonchev–Trinajstić information content (AvgIpc) is 3.48. The van der Waals surface area contributed by atoms with Crippen LogP contribution in [0.25, 0.3) is 43.8 Å². The Morgan fingerprint density at radius 3 is 1.05 bits per heavy atom. The quantitative estimate of drug-likeness (QED) is 0.0275. The third kappa shape index (κ3) is 11.6. The second kappa shape index (κ2) is 21.0. The van der Waals surface area contributed by atoms with Crippen molar-refractivity contribution in [2.75, 3.05) is 22.1 Å². The van der Waals surface area contributed by atoms with Gasteiger partial charge >= 0.3 is 0 Å². The van der Waals surface area contributed by atoms with Gasteiger partial charge in [0.05, 0.1) is 33.5 Å². The molecule has 0 atom stereocenters. The van der Waals surface area contributed by atoms with E-state index in [9.17, 15) is 62.1 Å². The molecule has 0 spiro atoms. The molecule has 0 aliphatic carbocycles. The number of azo groups is 2.